The van der Waals surface area contributed by atoms with Crippen LogP contribution >= 0.6 is 31.9 Å². The topological polar surface area (TPSA) is 20.3 Å². The van der Waals surface area contributed by atoms with Gasteiger partial charge in [-0.05, 0) is 40.4 Å². The number of alkyl halides is 1. The zero-order valence-corrected chi connectivity index (χ0v) is 13.2. The van der Waals surface area contributed by atoms with Gasteiger partial charge in [-0.2, -0.15) is 0 Å². The fourth-order valence-electron chi connectivity index (χ4n) is 2.07. The van der Waals surface area contributed by atoms with Crippen molar-refractivity contribution in [2.75, 3.05) is 13.1 Å². The molecular weight excluding hydrogens is 365 g/mol. The number of likely N-dealkylation sites (tertiary alicyclic amines) is 1. The maximum Gasteiger partial charge on any atom is 0.258 e. The second-order valence-corrected chi connectivity index (χ2v) is 6.66. The molecule has 5 heteroatoms. The number of rotatable bonds is 1. The van der Waals surface area contributed by atoms with E-state index in [-0.39, 0.29) is 16.3 Å². The van der Waals surface area contributed by atoms with E-state index in [0.29, 0.717) is 23.5 Å². The van der Waals surface area contributed by atoms with Gasteiger partial charge in [0, 0.05) is 22.4 Å². The SMILES string of the molecule is CC1CCN(C(=O)c2c(F)cccc2Br)CC1Br. The van der Waals surface area contributed by atoms with Crippen LogP contribution in [-0.2, 0) is 0 Å². The van der Waals surface area contributed by atoms with Gasteiger partial charge >= 0.3 is 0 Å². The average molecular weight is 379 g/mol. The van der Waals surface area contributed by atoms with Crippen LogP contribution in [0.5, 0.6) is 0 Å². The van der Waals surface area contributed by atoms with Crippen LogP contribution in [0.15, 0.2) is 22.7 Å². The van der Waals surface area contributed by atoms with Crippen LogP contribution in [0.2, 0.25) is 0 Å². The molecule has 0 radical (unpaired) electrons. The molecular formula is C13H14Br2FNO. The quantitative estimate of drug-likeness (QED) is 0.680. The van der Waals surface area contributed by atoms with Crippen LogP contribution in [0.25, 0.3) is 0 Å². The van der Waals surface area contributed by atoms with Crippen LogP contribution in [0.3, 0.4) is 0 Å². The Morgan fingerprint density at radius 3 is 2.83 bits per heavy atom. The van der Waals surface area contributed by atoms with Crippen molar-refractivity contribution in [2.45, 2.75) is 18.2 Å². The number of hydrogen-bond acceptors (Lipinski definition) is 1. The molecule has 0 spiro atoms. The first-order valence-electron chi connectivity index (χ1n) is 5.88. The molecule has 98 valence electrons. The molecule has 2 rings (SSSR count). The molecule has 1 aliphatic heterocycles. The number of carbonyl (C=O) groups is 1. The molecule has 1 aliphatic rings. The highest BCUT2D eigenvalue weighted by molar-refractivity contribution is 9.10. The van der Waals surface area contributed by atoms with Gasteiger partial charge in [-0.3, -0.25) is 4.79 Å². The summed E-state index contributed by atoms with van der Waals surface area (Å²) in [5.41, 5.74) is 0.131. The lowest BCUT2D eigenvalue weighted by atomic mass is 9.98. The second kappa shape index (κ2) is 5.70. The van der Waals surface area contributed by atoms with Crippen LogP contribution < -0.4 is 0 Å². The Morgan fingerprint density at radius 1 is 1.50 bits per heavy atom. The van der Waals surface area contributed by atoms with Gasteiger partial charge in [0.2, 0.25) is 0 Å². The highest BCUT2D eigenvalue weighted by atomic mass is 79.9. The summed E-state index contributed by atoms with van der Waals surface area (Å²) in [5.74, 6) is -0.173. The minimum atomic E-state index is -0.473. The fraction of sp³-hybridized carbons (Fsp3) is 0.462. The summed E-state index contributed by atoms with van der Waals surface area (Å²) in [6, 6.07) is 4.59. The Hall–Kier alpha value is -0.420. The third-order valence-electron chi connectivity index (χ3n) is 3.33. The van der Waals surface area contributed by atoms with Gasteiger partial charge in [-0.15, -0.1) is 0 Å². The largest absolute Gasteiger partial charge is 0.337 e. The van der Waals surface area contributed by atoms with Crippen molar-refractivity contribution >= 4 is 37.8 Å². The molecule has 1 saturated heterocycles. The molecule has 1 heterocycles. The van der Waals surface area contributed by atoms with Crippen molar-refractivity contribution in [3.63, 3.8) is 0 Å². The first kappa shape index (κ1) is 14.0. The van der Waals surface area contributed by atoms with Crippen LogP contribution in [0.4, 0.5) is 4.39 Å². The van der Waals surface area contributed by atoms with E-state index in [1.165, 1.54) is 6.07 Å². The van der Waals surface area contributed by atoms with Crippen molar-refractivity contribution in [3.8, 4) is 0 Å². The Bertz CT molecular complexity index is 446. The van der Waals surface area contributed by atoms with Gasteiger partial charge in [0.15, 0.2) is 0 Å². The molecule has 2 atom stereocenters. The summed E-state index contributed by atoms with van der Waals surface area (Å²) in [7, 11) is 0. The third kappa shape index (κ3) is 2.77. The van der Waals surface area contributed by atoms with E-state index >= 15 is 0 Å². The van der Waals surface area contributed by atoms with Crippen molar-refractivity contribution in [2.24, 2.45) is 5.92 Å². The van der Waals surface area contributed by atoms with Crippen molar-refractivity contribution in [1.82, 2.24) is 4.90 Å². The molecule has 2 nitrogen and oxygen atoms in total. The van der Waals surface area contributed by atoms with Crippen molar-refractivity contribution < 1.29 is 9.18 Å². The predicted molar refractivity (Wildman–Crippen MR) is 76.5 cm³/mol. The minimum absolute atomic E-state index is 0.131. The first-order chi connectivity index (χ1) is 8.50. The van der Waals surface area contributed by atoms with Crippen LogP contribution in [0, 0.1) is 11.7 Å². The smallest absolute Gasteiger partial charge is 0.258 e. The third-order valence-corrected chi connectivity index (χ3v) is 5.18. The zero-order valence-electron chi connectivity index (χ0n) is 10.00. The lowest BCUT2D eigenvalue weighted by Crippen LogP contribution is -2.44. The maximum absolute atomic E-state index is 13.7. The molecule has 1 amide bonds. The fourth-order valence-corrected chi connectivity index (χ4v) is 3.19. The number of hydrogen-bond donors (Lipinski definition) is 0. The number of carbonyl (C=O) groups excluding carboxylic acids is 1. The summed E-state index contributed by atoms with van der Waals surface area (Å²) >= 11 is 6.81. The van der Waals surface area contributed by atoms with Crippen molar-refractivity contribution in [1.29, 1.82) is 0 Å². The average Bonchev–Trinajstić information content (AvgIpc) is 2.32. The molecule has 0 saturated carbocycles. The normalized spacial score (nSPS) is 24.1. The molecule has 1 aromatic rings. The molecule has 0 aromatic heterocycles. The lowest BCUT2D eigenvalue weighted by molar-refractivity contribution is 0.0700. The van der Waals surface area contributed by atoms with Gasteiger partial charge in [-0.25, -0.2) is 4.39 Å². The van der Waals surface area contributed by atoms with Gasteiger partial charge in [0.1, 0.15) is 5.82 Å². The summed E-state index contributed by atoms with van der Waals surface area (Å²) in [6.45, 7) is 3.46. The Morgan fingerprint density at radius 2 is 2.22 bits per heavy atom. The van der Waals surface area contributed by atoms with E-state index < -0.39 is 5.82 Å². The van der Waals surface area contributed by atoms with Crippen LogP contribution in [-0.4, -0.2) is 28.7 Å². The van der Waals surface area contributed by atoms with E-state index in [9.17, 15) is 9.18 Å². The Balaban J connectivity index is 2.22. The van der Waals surface area contributed by atoms with Gasteiger partial charge in [0.05, 0.1) is 5.56 Å². The molecule has 0 N–H and O–H groups in total. The Labute approximate surface area is 123 Å². The number of amides is 1. The summed E-state index contributed by atoms with van der Waals surface area (Å²) in [6.07, 6.45) is 0.938. The van der Waals surface area contributed by atoms with E-state index in [1.807, 2.05) is 0 Å². The predicted octanol–water partition coefficient (Wildman–Crippen LogP) is 3.83. The molecule has 0 bridgehead atoms. The minimum Gasteiger partial charge on any atom is -0.337 e. The molecule has 2 unspecified atom stereocenters. The monoisotopic (exact) mass is 377 g/mol. The maximum atomic E-state index is 13.7. The highest BCUT2D eigenvalue weighted by Crippen LogP contribution is 2.27. The zero-order chi connectivity index (χ0) is 13.3. The second-order valence-electron chi connectivity index (χ2n) is 4.63. The summed E-state index contributed by atoms with van der Waals surface area (Å²) < 4.78 is 14.3. The van der Waals surface area contributed by atoms with E-state index in [2.05, 4.69) is 38.8 Å². The first-order valence-corrected chi connectivity index (χ1v) is 7.59. The molecule has 1 fully saturated rings. The van der Waals surface area contributed by atoms with Gasteiger partial charge in [-0.1, -0.05) is 28.9 Å². The van der Waals surface area contributed by atoms with Gasteiger partial charge in [0.25, 0.3) is 5.91 Å². The molecule has 0 aliphatic carbocycles. The highest BCUT2D eigenvalue weighted by Gasteiger charge is 2.29. The Kier molecular flexibility index (Phi) is 4.43. The molecule has 1 aromatic carbocycles. The number of halogens is 3. The number of nitrogens with zero attached hydrogens (tertiary/aromatic N) is 1. The summed E-state index contributed by atoms with van der Waals surface area (Å²) in [5, 5.41) is 0. The van der Waals surface area contributed by atoms with E-state index in [4.69, 9.17) is 0 Å². The number of benzene rings is 1. The standard InChI is InChI=1S/C13H14Br2FNO/c1-8-5-6-17(7-10(8)15)13(18)12-9(14)3-2-4-11(12)16/h2-4,8,10H,5-7H2,1H3. The van der Waals surface area contributed by atoms with Crippen molar-refractivity contribution in [3.05, 3.63) is 34.1 Å². The lowest BCUT2D eigenvalue weighted by Gasteiger charge is -2.34. The number of piperidine rings is 1. The molecule has 18 heavy (non-hydrogen) atoms. The van der Waals surface area contributed by atoms with E-state index in [1.54, 1.807) is 17.0 Å². The van der Waals surface area contributed by atoms with E-state index in [0.717, 1.165) is 6.42 Å². The van der Waals surface area contributed by atoms with Gasteiger partial charge < -0.3 is 4.90 Å². The summed E-state index contributed by atoms with van der Waals surface area (Å²) in [4.78, 5) is 14.3. The van der Waals surface area contributed by atoms with Crippen LogP contribution in [0.1, 0.15) is 23.7 Å².